The molecule has 5 nitrogen and oxygen atoms in total. The van der Waals surface area contributed by atoms with Crippen LogP contribution in [-0.4, -0.2) is 15.0 Å². The molecule has 56 heavy (non-hydrogen) atoms. The molecular formula is C51H42N4O. The lowest BCUT2D eigenvalue weighted by Crippen LogP contribution is -2.42. The van der Waals surface area contributed by atoms with Crippen molar-refractivity contribution in [3.63, 3.8) is 0 Å². The average Bonchev–Trinajstić information content (AvgIpc) is 3.61. The van der Waals surface area contributed by atoms with E-state index in [0.717, 1.165) is 73.1 Å². The van der Waals surface area contributed by atoms with Crippen LogP contribution in [0.3, 0.4) is 0 Å². The number of hydrogen-bond donors (Lipinski definition) is 0. The van der Waals surface area contributed by atoms with Gasteiger partial charge in [0.05, 0.1) is 11.6 Å². The van der Waals surface area contributed by atoms with Gasteiger partial charge in [0, 0.05) is 33.0 Å². The number of benzene rings is 6. The van der Waals surface area contributed by atoms with Crippen molar-refractivity contribution in [2.75, 3.05) is 0 Å². The minimum Gasteiger partial charge on any atom is -0.455 e. The summed E-state index contributed by atoms with van der Waals surface area (Å²) in [5.74, 6) is 4.30. The standard InChI is InChI=1S/C51H42N4O/c1-32-25-35-26-33(2)29-51(28-32,30-35)40-22-20-36(21-23-40)41-11-6-7-12-44(41)50-54-48(38-9-4-3-5-10-38)53-49(55-50)39-18-16-37(17-19-39)42-13-8-14-43-45-27-34(31-52)15-24-46(45)56-47(42)43/h3-24,27,32-33,35H,25-26,28-30H2,1-2H3/t32-,33+,35?,51?. The van der Waals surface area contributed by atoms with Gasteiger partial charge in [0.15, 0.2) is 17.5 Å². The second-order valence-corrected chi connectivity index (χ2v) is 16.4. The molecule has 2 aromatic heterocycles. The highest BCUT2D eigenvalue weighted by Gasteiger charge is 2.45. The lowest BCUT2D eigenvalue weighted by atomic mass is 9.54. The molecule has 2 heterocycles. The first-order valence-electron chi connectivity index (χ1n) is 19.9. The van der Waals surface area contributed by atoms with Gasteiger partial charge in [-0.05, 0) is 95.7 Å². The van der Waals surface area contributed by atoms with Crippen molar-refractivity contribution in [3.05, 3.63) is 151 Å². The first kappa shape index (κ1) is 34.1. The van der Waals surface area contributed by atoms with Crippen molar-refractivity contribution in [1.29, 1.82) is 5.26 Å². The minimum atomic E-state index is 0.294. The van der Waals surface area contributed by atoms with E-state index in [0.29, 0.717) is 28.5 Å². The van der Waals surface area contributed by atoms with Crippen LogP contribution in [0, 0.1) is 29.1 Å². The quantitative estimate of drug-likeness (QED) is 0.170. The molecule has 2 unspecified atom stereocenters. The van der Waals surface area contributed by atoms with Gasteiger partial charge in [-0.15, -0.1) is 0 Å². The van der Waals surface area contributed by atoms with Gasteiger partial charge in [0.2, 0.25) is 0 Å². The van der Waals surface area contributed by atoms with Crippen molar-refractivity contribution >= 4 is 21.9 Å². The van der Waals surface area contributed by atoms with E-state index in [4.69, 9.17) is 19.4 Å². The molecule has 2 fully saturated rings. The number of rotatable bonds is 6. The molecule has 0 N–H and O–H groups in total. The predicted molar refractivity (Wildman–Crippen MR) is 226 cm³/mol. The largest absolute Gasteiger partial charge is 0.455 e. The summed E-state index contributed by atoms with van der Waals surface area (Å²) in [6.45, 7) is 4.91. The van der Waals surface area contributed by atoms with Crippen LogP contribution < -0.4 is 0 Å². The minimum absolute atomic E-state index is 0.294. The van der Waals surface area contributed by atoms with Gasteiger partial charge in [0.25, 0.3) is 0 Å². The van der Waals surface area contributed by atoms with Crippen LogP contribution in [0.1, 0.15) is 57.1 Å². The third-order valence-electron chi connectivity index (χ3n) is 12.4. The first-order valence-corrected chi connectivity index (χ1v) is 19.9. The van der Waals surface area contributed by atoms with Crippen LogP contribution in [0.4, 0.5) is 0 Å². The number of fused-ring (bicyclic) bond motifs is 5. The van der Waals surface area contributed by atoms with E-state index in [2.05, 4.69) is 98.8 Å². The Morgan fingerprint density at radius 3 is 1.86 bits per heavy atom. The number of nitriles is 1. The predicted octanol–water partition coefficient (Wildman–Crippen LogP) is 13.1. The molecule has 5 heteroatoms. The molecule has 2 aliphatic carbocycles. The fourth-order valence-electron chi connectivity index (χ4n) is 10.2. The third-order valence-corrected chi connectivity index (χ3v) is 12.4. The Morgan fingerprint density at radius 1 is 0.554 bits per heavy atom. The SMILES string of the molecule is C[C@@H]1CC2C[C@H](C)CC(c3ccc(-c4ccccc4-c4nc(-c5ccccc5)nc(-c5ccc(-c6cccc7c6oc6ccc(C#N)cc67)cc5)n4)cc3)(C2)C1. The zero-order valence-corrected chi connectivity index (χ0v) is 31.7. The monoisotopic (exact) mass is 726 g/mol. The Labute approximate surface area is 327 Å². The zero-order chi connectivity index (χ0) is 37.8. The zero-order valence-electron chi connectivity index (χ0n) is 31.7. The highest BCUT2D eigenvalue weighted by molar-refractivity contribution is 6.09. The van der Waals surface area contributed by atoms with Gasteiger partial charge in [-0.25, -0.2) is 15.0 Å². The van der Waals surface area contributed by atoms with Gasteiger partial charge >= 0.3 is 0 Å². The van der Waals surface area contributed by atoms with Gasteiger partial charge in [-0.1, -0.05) is 135 Å². The topological polar surface area (TPSA) is 75.6 Å². The Morgan fingerprint density at radius 2 is 1.14 bits per heavy atom. The summed E-state index contributed by atoms with van der Waals surface area (Å²) < 4.78 is 6.35. The summed E-state index contributed by atoms with van der Waals surface area (Å²) in [7, 11) is 0. The van der Waals surface area contributed by atoms with E-state index in [1.807, 2.05) is 54.6 Å². The molecule has 0 saturated heterocycles. The smallest absolute Gasteiger partial charge is 0.164 e. The van der Waals surface area contributed by atoms with Crippen molar-refractivity contribution in [3.8, 4) is 62.5 Å². The maximum atomic E-state index is 9.48. The van der Waals surface area contributed by atoms with Crippen molar-refractivity contribution in [2.45, 2.75) is 51.4 Å². The maximum absolute atomic E-state index is 9.48. The molecule has 2 bridgehead atoms. The van der Waals surface area contributed by atoms with Gasteiger partial charge in [0.1, 0.15) is 11.2 Å². The van der Waals surface area contributed by atoms with E-state index >= 15 is 0 Å². The number of furan rings is 1. The van der Waals surface area contributed by atoms with Crippen molar-refractivity contribution in [1.82, 2.24) is 15.0 Å². The molecular weight excluding hydrogens is 685 g/mol. The molecule has 2 aliphatic rings. The molecule has 4 atom stereocenters. The molecule has 272 valence electrons. The summed E-state index contributed by atoms with van der Waals surface area (Å²) in [4.78, 5) is 15.3. The molecule has 6 aromatic carbocycles. The lowest BCUT2D eigenvalue weighted by Gasteiger charge is -2.50. The lowest BCUT2D eigenvalue weighted by molar-refractivity contribution is 0.0780. The summed E-state index contributed by atoms with van der Waals surface area (Å²) in [6, 6.07) is 50.4. The number of hydrogen-bond acceptors (Lipinski definition) is 5. The fourth-order valence-corrected chi connectivity index (χ4v) is 10.2. The Hall–Kier alpha value is -6.38. The number of aromatic nitrogens is 3. The van der Waals surface area contributed by atoms with Crippen LogP contribution in [0.15, 0.2) is 144 Å². The van der Waals surface area contributed by atoms with Crippen LogP contribution in [0.25, 0.3) is 78.4 Å². The molecule has 0 aliphatic heterocycles. The van der Waals surface area contributed by atoms with Gasteiger partial charge in [-0.3, -0.25) is 0 Å². The first-order chi connectivity index (χ1) is 27.4. The maximum Gasteiger partial charge on any atom is 0.164 e. The highest BCUT2D eigenvalue weighted by Crippen LogP contribution is 2.54. The van der Waals surface area contributed by atoms with Crippen molar-refractivity contribution < 1.29 is 4.42 Å². The Balaban J connectivity index is 1.03. The normalized spacial score (nSPS) is 20.6. The van der Waals surface area contributed by atoms with E-state index in [1.54, 1.807) is 6.07 Å². The summed E-state index contributed by atoms with van der Waals surface area (Å²) in [5.41, 5.74) is 11.1. The average molecular weight is 727 g/mol. The fraction of sp³-hybridized carbons (Fsp3) is 0.216. The van der Waals surface area contributed by atoms with Gasteiger partial charge < -0.3 is 4.42 Å². The summed E-state index contributed by atoms with van der Waals surface area (Å²) in [6.07, 6.45) is 6.67. The van der Waals surface area contributed by atoms with E-state index < -0.39 is 0 Å². The highest BCUT2D eigenvalue weighted by atomic mass is 16.3. The van der Waals surface area contributed by atoms with Crippen molar-refractivity contribution in [2.24, 2.45) is 17.8 Å². The van der Waals surface area contributed by atoms with Gasteiger partial charge in [-0.2, -0.15) is 5.26 Å². The Bertz CT molecular complexity index is 2760. The Kier molecular flexibility index (Phi) is 8.37. The molecule has 10 rings (SSSR count). The number of nitrogens with zero attached hydrogens (tertiary/aromatic N) is 4. The molecule has 0 amide bonds. The third kappa shape index (κ3) is 6.07. The van der Waals surface area contributed by atoms with Crippen LogP contribution in [0.5, 0.6) is 0 Å². The second kappa shape index (κ2) is 13.7. The van der Waals surface area contributed by atoms with E-state index in [1.165, 1.54) is 43.2 Å². The molecule has 2 saturated carbocycles. The van der Waals surface area contributed by atoms with E-state index in [9.17, 15) is 5.26 Å². The molecule has 0 radical (unpaired) electrons. The summed E-state index contributed by atoms with van der Waals surface area (Å²) >= 11 is 0. The molecule has 0 spiro atoms. The number of para-hydroxylation sites is 1. The van der Waals surface area contributed by atoms with Crippen LogP contribution >= 0.6 is 0 Å². The second-order valence-electron chi connectivity index (χ2n) is 16.4. The van der Waals surface area contributed by atoms with Crippen LogP contribution in [0.2, 0.25) is 0 Å². The summed E-state index contributed by atoms with van der Waals surface area (Å²) in [5, 5.41) is 11.4. The van der Waals surface area contributed by atoms with Crippen LogP contribution in [-0.2, 0) is 5.41 Å². The molecule has 8 aromatic rings. The van der Waals surface area contributed by atoms with E-state index in [-0.39, 0.29) is 0 Å².